The van der Waals surface area contributed by atoms with E-state index in [1.54, 1.807) is 18.2 Å². The first-order valence-electron chi connectivity index (χ1n) is 14.5. The number of carbonyl (C=O) groups excluding carboxylic acids is 1. The van der Waals surface area contributed by atoms with E-state index in [1.165, 1.54) is 25.1 Å². The van der Waals surface area contributed by atoms with E-state index in [4.69, 9.17) is 21.6 Å². The number of nitrogens with zero attached hydrogens (tertiary/aromatic N) is 4. The monoisotopic (exact) mass is 547 g/mol. The summed E-state index contributed by atoms with van der Waals surface area (Å²) in [5, 5.41) is 13.0. The van der Waals surface area contributed by atoms with Crippen molar-refractivity contribution in [3.63, 3.8) is 0 Å². The lowest BCUT2D eigenvalue weighted by atomic mass is 9.97. The summed E-state index contributed by atoms with van der Waals surface area (Å²) in [4.78, 5) is 20.8. The number of rotatable bonds is 6. The molecule has 6 rings (SSSR count). The number of carbonyl (C=O) groups is 1. The highest BCUT2D eigenvalue weighted by atomic mass is 35.5. The molecule has 1 amide bonds. The van der Waals surface area contributed by atoms with Gasteiger partial charge in [-0.3, -0.25) is 9.69 Å². The number of hydrogen-bond donors (Lipinski definition) is 1. The van der Waals surface area contributed by atoms with Crippen LogP contribution in [-0.4, -0.2) is 79.7 Å². The van der Waals surface area contributed by atoms with E-state index in [1.807, 2.05) is 12.1 Å². The highest BCUT2D eigenvalue weighted by Gasteiger charge is 2.44. The van der Waals surface area contributed by atoms with Crippen LogP contribution in [0.2, 0.25) is 5.02 Å². The summed E-state index contributed by atoms with van der Waals surface area (Å²) >= 11 is 6.19. The van der Waals surface area contributed by atoms with Gasteiger partial charge in [-0.2, -0.15) is 5.26 Å². The quantitative estimate of drug-likeness (QED) is 0.572. The van der Waals surface area contributed by atoms with Gasteiger partial charge in [0.25, 0.3) is 5.91 Å². The molecule has 4 heterocycles. The molecule has 3 atom stereocenters. The van der Waals surface area contributed by atoms with Crippen molar-refractivity contribution in [3.8, 4) is 11.8 Å². The number of piperidine rings is 2. The first-order valence-corrected chi connectivity index (χ1v) is 14.9. The second-order valence-corrected chi connectivity index (χ2v) is 12.0. The Bertz CT molecular complexity index is 1190. The van der Waals surface area contributed by atoms with Crippen LogP contribution in [0, 0.1) is 17.2 Å². The fourth-order valence-electron chi connectivity index (χ4n) is 6.99. The average Bonchev–Trinajstić information content (AvgIpc) is 3.23. The number of anilines is 1. The van der Waals surface area contributed by atoms with Crippen molar-refractivity contribution < 1.29 is 9.53 Å². The Morgan fingerprint density at radius 2 is 1.67 bits per heavy atom. The smallest absolute Gasteiger partial charge is 0.254 e. The summed E-state index contributed by atoms with van der Waals surface area (Å²) < 4.78 is 6.24. The minimum Gasteiger partial charge on any atom is -0.490 e. The molecule has 0 saturated carbocycles. The van der Waals surface area contributed by atoms with Gasteiger partial charge in [-0.05, 0) is 81.1 Å². The van der Waals surface area contributed by atoms with Crippen molar-refractivity contribution in [2.24, 2.45) is 5.92 Å². The second kappa shape index (κ2) is 11.8. The number of fused-ring (bicyclic) bond motifs is 2. The van der Waals surface area contributed by atoms with Gasteiger partial charge in [-0.15, -0.1) is 0 Å². The van der Waals surface area contributed by atoms with Crippen LogP contribution in [0.5, 0.6) is 5.75 Å². The minimum absolute atomic E-state index is 0.0476. The Hall–Kier alpha value is -2.79. The molecule has 206 valence electrons. The predicted octanol–water partition coefficient (Wildman–Crippen LogP) is 4.55. The lowest BCUT2D eigenvalue weighted by Gasteiger charge is -2.39. The van der Waals surface area contributed by atoms with Gasteiger partial charge in [0.15, 0.2) is 0 Å². The van der Waals surface area contributed by atoms with Crippen LogP contribution in [-0.2, 0) is 0 Å². The van der Waals surface area contributed by atoms with Crippen molar-refractivity contribution in [1.82, 2.24) is 15.1 Å². The van der Waals surface area contributed by atoms with Crippen molar-refractivity contribution in [2.45, 2.75) is 56.7 Å². The third-order valence-electron chi connectivity index (χ3n) is 9.11. The van der Waals surface area contributed by atoms with Gasteiger partial charge < -0.3 is 19.9 Å². The molecule has 4 aliphatic rings. The van der Waals surface area contributed by atoms with Crippen LogP contribution in [0.1, 0.15) is 54.4 Å². The van der Waals surface area contributed by atoms with Crippen LogP contribution >= 0.6 is 11.6 Å². The largest absolute Gasteiger partial charge is 0.490 e. The van der Waals surface area contributed by atoms with Gasteiger partial charge in [0, 0.05) is 75.0 Å². The molecule has 2 aromatic rings. The molecule has 4 saturated heterocycles. The molecule has 0 aliphatic carbocycles. The van der Waals surface area contributed by atoms with E-state index in [0.29, 0.717) is 16.3 Å². The zero-order chi connectivity index (χ0) is 26.8. The van der Waals surface area contributed by atoms with Crippen LogP contribution in [0.4, 0.5) is 5.69 Å². The number of nitrogens with one attached hydrogen (secondary N) is 1. The van der Waals surface area contributed by atoms with Gasteiger partial charge in [0.2, 0.25) is 0 Å². The summed E-state index contributed by atoms with van der Waals surface area (Å²) in [5.74, 6) is 1.66. The molecular formula is C31H38ClN5O2. The fraction of sp³-hybridized carbons (Fsp3) is 0.548. The van der Waals surface area contributed by atoms with Crippen LogP contribution in [0.15, 0.2) is 42.5 Å². The van der Waals surface area contributed by atoms with Crippen LogP contribution < -0.4 is 15.0 Å². The number of benzene rings is 2. The summed E-state index contributed by atoms with van der Waals surface area (Å²) in [6, 6.07) is 16.0. The Morgan fingerprint density at radius 1 is 0.974 bits per heavy atom. The fourth-order valence-corrected chi connectivity index (χ4v) is 7.20. The highest BCUT2D eigenvalue weighted by Crippen LogP contribution is 2.39. The first-order chi connectivity index (χ1) is 19.1. The van der Waals surface area contributed by atoms with Crippen molar-refractivity contribution in [3.05, 3.63) is 58.6 Å². The SMILES string of the molecule is N#Cc1ccc(O[C@H]2C[C@H]3CC[C@@H](C2)N3C(=O)c2ccc(N3CCN(CC4CCNCC4)CC3)cc2)cc1Cl. The maximum atomic E-state index is 13.6. The number of halogens is 1. The van der Waals surface area contributed by atoms with Crippen LogP contribution in [0.3, 0.4) is 0 Å². The van der Waals surface area contributed by atoms with Gasteiger partial charge in [0.05, 0.1) is 10.6 Å². The van der Waals surface area contributed by atoms with Gasteiger partial charge in [-0.1, -0.05) is 11.6 Å². The Morgan fingerprint density at radius 3 is 2.31 bits per heavy atom. The van der Waals surface area contributed by atoms with Gasteiger partial charge in [-0.25, -0.2) is 0 Å². The molecular weight excluding hydrogens is 510 g/mol. The topological polar surface area (TPSA) is 71.8 Å². The predicted molar refractivity (Wildman–Crippen MR) is 153 cm³/mol. The molecule has 2 aromatic carbocycles. The van der Waals surface area contributed by atoms with E-state index in [2.05, 4.69) is 38.2 Å². The molecule has 4 fully saturated rings. The second-order valence-electron chi connectivity index (χ2n) is 11.6. The molecule has 8 heteroatoms. The van der Waals surface area contributed by atoms with E-state index >= 15 is 0 Å². The first kappa shape index (κ1) is 26.4. The third kappa shape index (κ3) is 5.89. The molecule has 7 nitrogen and oxygen atoms in total. The maximum Gasteiger partial charge on any atom is 0.254 e. The zero-order valence-electron chi connectivity index (χ0n) is 22.5. The number of nitriles is 1. The van der Waals surface area contributed by atoms with Crippen molar-refractivity contribution in [2.75, 3.05) is 50.7 Å². The molecule has 39 heavy (non-hydrogen) atoms. The number of ether oxygens (including phenoxy) is 1. The van der Waals surface area contributed by atoms with E-state index in [0.717, 1.165) is 76.4 Å². The lowest BCUT2D eigenvalue weighted by Crippen LogP contribution is -2.49. The lowest BCUT2D eigenvalue weighted by molar-refractivity contribution is 0.0359. The van der Waals surface area contributed by atoms with E-state index < -0.39 is 0 Å². The van der Waals surface area contributed by atoms with Crippen molar-refractivity contribution >= 4 is 23.2 Å². The number of piperazine rings is 1. The Kier molecular flexibility index (Phi) is 7.97. The molecule has 0 spiro atoms. The summed E-state index contributed by atoms with van der Waals surface area (Å²) in [5.41, 5.74) is 2.44. The summed E-state index contributed by atoms with van der Waals surface area (Å²) in [7, 11) is 0. The third-order valence-corrected chi connectivity index (χ3v) is 9.43. The average molecular weight is 548 g/mol. The minimum atomic E-state index is 0.0476. The maximum absolute atomic E-state index is 13.6. The summed E-state index contributed by atoms with van der Waals surface area (Å²) in [6.07, 6.45) is 6.32. The molecule has 0 aromatic heterocycles. The van der Waals surface area contributed by atoms with Crippen LogP contribution in [0.25, 0.3) is 0 Å². The zero-order valence-corrected chi connectivity index (χ0v) is 23.3. The molecule has 2 bridgehead atoms. The number of amides is 1. The van der Waals surface area contributed by atoms with Gasteiger partial charge in [0.1, 0.15) is 17.9 Å². The Balaban J connectivity index is 1.02. The summed E-state index contributed by atoms with van der Waals surface area (Å²) in [6.45, 7) is 7.86. The molecule has 1 N–H and O–H groups in total. The molecule has 4 aliphatic heterocycles. The molecule has 0 unspecified atom stereocenters. The van der Waals surface area contributed by atoms with E-state index in [9.17, 15) is 4.79 Å². The standard InChI is InChI=1S/C31H38ClN5O2/c32-30-19-28(8-3-24(30)20-33)39-29-17-26-6-7-27(18-29)37(26)31(38)23-1-4-25(5-2-23)36-15-13-35(14-16-36)21-22-9-11-34-12-10-22/h1-5,8,19,22,26-27,29,34H,6-7,9-18,21H2/t26-,27+,29+. The van der Waals surface area contributed by atoms with Gasteiger partial charge >= 0.3 is 0 Å². The van der Waals surface area contributed by atoms with E-state index in [-0.39, 0.29) is 24.1 Å². The Labute approximate surface area is 236 Å². The normalized spacial score (nSPS) is 25.9. The number of hydrogen-bond acceptors (Lipinski definition) is 6. The van der Waals surface area contributed by atoms with Crippen molar-refractivity contribution in [1.29, 1.82) is 5.26 Å². The highest BCUT2D eigenvalue weighted by molar-refractivity contribution is 6.31. The molecule has 0 radical (unpaired) electrons.